The molecular formula is C8H8I. The van der Waals surface area contributed by atoms with Gasteiger partial charge in [0.2, 0.25) is 0 Å². The Labute approximate surface area is 69.4 Å². The third-order valence-corrected chi connectivity index (χ3v) is 2.40. The molecule has 0 nitrogen and oxygen atoms in total. The Morgan fingerprint density at radius 1 is 1.44 bits per heavy atom. The summed E-state index contributed by atoms with van der Waals surface area (Å²) in [6.07, 6.45) is 0. The third kappa shape index (κ3) is 1.68. The van der Waals surface area contributed by atoms with Crippen molar-refractivity contribution in [3.63, 3.8) is 0 Å². The summed E-state index contributed by atoms with van der Waals surface area (Å²) >= 11 is 2.33. The van der Waals surface area contributed by atoms with E-state index >= 15 is 0 Å². The number of hydrogen-bond donors (Lipinski definition) is 0. The summed E-state index contributed by atoms with van der Waals surface area (Å²) < 4.78 is 1.32. The van der Waals surface area contributed by atoms with E-state index in [9.17, 15) is 0 Å². The van der Waals surface area contributed by atoms with E-state index in [0.29, 0.717) is 0 Å². The zero-order valence-electron chi connectivity index (χ0n) is 5.53. The van der Waals surface area contributed by atoms with E-state index in [1.807, 2.05) is 6.07 Å². The Bertz CT molecular complexity index is 216. The van der Waals surface area contributed by atoms with E-state index in [-0.39, 0.29) is 0 Å². The van der Waals surface area contributed by atoms with Crippen LogP contribution in [0.15, 0.2) is 12.1 Å². The molecular weight excluding hydrogens is 223 g/mol. The fourth-order valence-corrected chi connectivity index (χ4v) is 1.26. The SMILES string of the molecule is Cc1[c]cc(C)c(I)c1. The maximum absolute atomic E-state index is 3.14. The lowest BCUT2D eigenvalue weighted by Gasteiger charge is -1.96. The highest BCUT2D eigenvalue weighted by Gasteiger charge is 1.91. The van der Waals surface area contributed by atoms with Crippen LogP contribution >= 0.6 is 22.6 Å². The summed E-state index contributed by atoms with van der Waals surface area (Å²) in [5, 5.41) is 0. The minimum Gasteiger partial charge on any atom is -0.0501 e. The molecule has 9 heavy (non-hydrogen) atoms. The summed E-state index contributed by atoms with van der Waals surface area (Å²) in [6, 6.07) is 7.30. The smallest absolute Gasteiger partial charge is 0.0162 e. The molecule has 0 spiro atoms. The summed E-state index contributed by atoms with van der Waals surface area (Å²) in [5.74, 6) is 0. The van der Waals surface area contributed by atoms with E-state index in [2.05, 4.69) is 48.6 Å². The molecule has 0 aromatic heterocycles. The van der Waals surface area contributed by atoms with E-state index < -0.39 is 0 Å². The second kappa shape index (κ2) is 2.69. The lowest BCUT2D eigenvalue weighted by molar-refractivity contribution is 1.35. The van der Waals surface area contributed by atoms with Gasteiger partial charge in [-0.25, -0.2) is 0 Å². The zero-order chi connectivity index (χ0) is 6.85. The van der Waals surface area contributed by atoms with Crippen molar-refractivity contribution in [3.8, 4) is 0 Å². The average Bonchev–Trinajstić information content (AvgIpc) is 1.80. The Balaban J connectivity index is 3.17. The molecule has 0 N–H and O–H groups in total. The largest absolute Gasteiger partial charge is 0.0501 e. The number of aryl methyl sites for hydroxylation is 2. The van der Waals surface area contributed by atoms with E-state index in [1.54, 1.807) is 0 Å². The van der Waals surface area contributed by atoms with Crippen molar-refractivity contribution in [2.24, 2.45) is 0 Å². The molecule has 1 radical (unpaired) electrons. The predicted octanol–water partition coefficient (Wildman–Crippen LogP) is 2.71. The van der Waals surface area contributed by atoms with Crippen LogP contribution < -0.4 is 0 Å². The molecule has 47 valence electrons. The lowest BCUT2D eigenvalue weighted by Crippen LogP contribution is -1.80. The quantitative estimate of drug-likeness (QED) is 0.602. The molecule has 0 unspecified atom stereocenters. The Morgan fingerprint density at radius 3 is 2.56 bits per heavy atom. The Kier molecular flexibility index (Phi) is 2.11. The highest BCUT2D eigenvalue weighted by atomic mass is 127. The maximum Gasteiger partial charge on any atom is 0.0162 e. The number of hydrogen-bond acceptors (Lipinski definition) is 0. The van der Waals surface area contributed by atoms with Gasteiger partial charge < -0.3 is 0 Å². The summed E-state index contributed by atoms with van der Waals surface area (Å²) in [6.45, 7) is 4.15. The maximum atomic E-state index is 3.14. The molecule has 1 rings (SSSR count). The number of halogens is 1. The molecule has 0 saturated carbocycles. The van der Waals surface area contributed by atoms with Gasteiger partial charge in [-0.15, -0.1) is 0 Å². The van der Waals surface area contributed by atoms with Crippen LogP contribution in [0, 0.1) is 23.5 Å². The van der Waals surface area contributed by atoms with Gasteiger partial charge in [-0.3, -0.25) is 0 Å². The first kappa shape index (κ1) is 7.06. The molecule has 1 aromatic carbocycles. The molecule has 0 saturated heterocycles. The molecule has 0 bridgehead atoms. The van der Waals surface area contributed by atoms with Crippen LogP contribution in [0.25, 0.3) is 0 Å². The van der Waals surface area contributed by atoms with Gasteiger partial charge in [-0.2, -0.15) is 0 Å². The fraction of sp³-hybridized carbons (Fsp3) is 0.250. The standard InChI is InChI=1S/C8H8I/c1-6-3-4-7(2)8(9)5-6/h4-5H,1-2H3. The van der Waals surface area contributed by atoms with Crippen LogP contribution in [0.2, 0.25) is 0 Å². The minimum absolute atomic E-state index is 1.21. The number of rotatable bonds is 0. The van der Waals surface area contributed by atoms with Crippen LogP contribution in [-0.4, -0.2) is 0 Å². The van der Waals surface area contributed by atoms with Crippen molar-refractivity contribution < 1.29 is 0 Å². The van der Waals surface area contributed by atoms with Crippen molar-refractivity contribution in [3.05, 3.63) is 32.9 Å². The van der Waals surface area contributed by atoms with Gasteiger partial charge in [-0.1, -0.05) is 6.07 Å². The summed E-state index contributed by atoms with van der Waals surface area (Å²) in [4.78, 5) is 0. The van der Waals surface area contributed by atoms with E-state index in [0.717, 1.165) is 0 Å². The van der Waals surface area contributed by atoms with Gasteiger partial charge in [0, 0.05) is 3.57 Å². The number of benzene rings is 1. The van der Waals surface area contributed by atoms with Crippen LogP contribution in [0.1, 0.15) is 11.1 Å². The van der Waals surface area contributed by atoms with Crippen molar-refractivity contribution >= 4 is 22.6 Å². The van der Waals surface area contributed by atoms with Gasteiger partial charge >= 0.3 is 0 Å². The van der Waals surface area contributed by atoms with E-state index in [1.165, 1.54) is 14.7 Å². The highest BCUT2D eigenvalue weighted by molar-refractivity contribution is 14.1. The molecule has 0 aliphatic carbocycles. The predicted molar refractivity (Wildman–Crippen MR) is 47.5 cm³/mol. The molecule has 0 fully saturated rings. The second-order valence-corrected chi connectivity index (χ2v) is 3.31. The molecule has 0 amide bonds. The molecule has 0 aliphatic heterocycles. The third-order valence-electron chi connectivity index (χ3n) is 1.24. The van der Waals surface area contributed by atoms with Gasteiger partial charge in [0.1, 0.15) is 0 Å². The normalized spacial score (nSPS) is 9.67. The van der Waals surface area contributed by atoms with Crippen LogP contribution in [-0.2, 0) is 0 Å². The zero-order valence-corrected chi connectivity index (χ0v) is 7.69. The Hall–Kier alpha value is -0.0500. The molecule has 0 heterocycles. The van der Waals surface area contributed by atoms with Crippen molar-refractivity contribution in [1.29, 1.82) is 0 Å². The van der Waals surface area contributed by atoms with Gasteiger partial charge in [-0.05, 0) is 59.7 Å². The van der Waals surface area contributed by atoms with Gasteiger partial charge in [0.15, 0.2) is 0 Å². The molecule has 0 atom stereocenters. The van der Waals surface area contributed by atoms with E-state index in [4.69, 9.17) is 0 Å². The van der Waals surface area contributed by atoms with Crippen LogP contribution in [0.3, 0.4) is 0 Å². The first-order valence-corrected chi connectivity index (χ1v) is 3.92. The Morgan fingerprint density at radius 2 is 2.11 bits per heavy atom. The molecule has 1 heteroatoms. The monoisotopic (exact) mass is 231 g/mol. The van der Waals surface area contributed by atoms with Crippen LogP contribution in [0.5, 0.6) is 0 Å². The highest BCUT2D eigenvalue weighted by Crippen LogP contribution is 2.11. The summed E-state index contributed by atoms with van der Waals surface area (Å²) in [5.41, 5.74) is 2.52. The minimum atomic E-state index is 1.21. The first-order chi connectivity index (χ1) is 4.20. The average molecular weight is 231 g/mol. The molecule has 0 aliphatic rings. The van der Waals surface area contributed by atoms with Crippen molar-refractivity contribution in [1.82, 2.24) is 0 Å². The lowest BCUT2D eigenvalue weighted by atomic mass is 10.2. The van der Waals surface area contributed by atoms with Gasteiger partial charge in [0.05, 0.1) is 0 Å². The van der Waals surface area contributed by atoms with Crippen LogP contribution in [0.4, 0.5) is 0 Å². The summed E-state index contributed by atoms with van der Waals surface area (Å²) in [7, 11) is 0. The topological polar surface area (TPSA) is 0 Å². The fourth-order valence-electron chi connectivity index (χ4n) is 0.637. The first-order valence-electron chi connectivity index (χ1n) is 2.84. The second-order valence-electron chi connectivity index (χ2n) is 2.15. The molecule has 1 aromatic rings. The van der Waals surface area contributed by atoms with Crippen molar-refractivity contribution in [2.45, 2.75) is 13.8 Å². The van der Waals surface area contributed by atoms with Gasteiger partial charge in [0.25, 0.3) is 0 Å². The van der Waals surface area contributed by atoms with Crippen molar-refractivity contribution in [2.75, 3.05) is 0 Å².